The number of rotatable bonds is 3. The first-order valence-electron chi connectivity index (χ1n) is 10.6. The van der Waals surface area contributed by atoms with Crippen LogP contribution in [0.1, 0.15) is 24.2 Å². The fourth-order valence-electron chi connectivity index (χ4n) is 4.22. The van der Waals surface area contributed by atoms with Crippen molar-refractivity contribution >= 4 is 34.0 Å². The van der Waals surface area contributed by atoms with E-state index in [4.69, 9.17) is 0 Å². The average molecular weight is 459 g/mol. The summed E-state index contributed by atoms with van der Waals surface area (Å²) in [6.07, 6.45) is 2.95. The van der Waals surface area contributed by atoms with E-state index in [2.05, 4.69) is 20.3 Å². The first-order valence-corrected chi connectivity index (χ1v) is 10.6. The smallest absolute Gasteiger partial charge is 0.244 e. The number of hydrogen-bond donors (Lipinski definition) is 1. The van der Waals surface area contributed by atoms with Crippen LogP contribution in [0.15, 0.2) is 54.9 Å². The van der Waals surface area contributed by atoms with E-state index in [1.807, 2.05) is 0 Å². The lowest BCUT2D eigenvalue weighted by molar-refractivity contribution is -0.122. The summed E-state index contributed by atoms with van der Waals surface area (Å²) in [5, 5.41) is 4.02. The largest absolute Gasteiger partial charge is 0.325 e. The molecule has 9 heteroatoms. The van der Waals surface area contributed by atoms with E-state index < -0.39 is 23.7 Å². The van der Waals surface area contributed by atoms with Crippen molar-refractivity contribution in [2.45, 2.75) is 19.8 Å². The molecule has 0 aliphatic carbocycles. The van der Waals surface area contributed by atoms with Gasteiger partial charge in [0, 0.05) is 40.8 Å². The number of halogens is 2. The molecule has 34 heavy (non-hydrogen) atoms. The molecule has 7 nitrogen and oxygen atoms in total. The second kappa shape index (κ2) is 8.26. The van der Waals surface area contributed by atoms with Crippen LogP contribution < -0.4 is 10.2 Å². The van der Waals surface area contributed by atoms with Crippen LogP contribution in [0.5, 0.6) is 0 Å². The lowest BCUT2D eigenvalue weighted by Gasteiger charge is -2.24. The van der Waals surface area contributed by atoms with Gasteiger partial charge in [-0.05, 0) is 43.5 Å². The first-order chi connectivity index (χ1) is 16.3. The summed E-state index contributed by atoms with van der Waals surface area (Å²) >= 11 is 0. The van der Waals surface area contributed by atoms with Crippen LogP contribution in [0.2, 0.25) is 0 Å². The van der Waals surface area contributed by atoms with Gasteiger partial charge in [-0.2, -0.15) is 8.78 Å². The predicted octanol–water partition coefficient (Wildman–Crippen LogP) is 4.37. The second-order valence-electron chi connectivity index (χ2n) is 8.15. The minimum Gasteiger partial charge on any atom is -0.325 e. The lowest BCUT2D eigenvalue weighted by Crippen LogP contribution is -2.40. The molecule has 1 unspecified atom stereocenters. The Kier molecular flexibility index (Phi) is 5.24. The quantitative estimate of drug-likeness (QED) is 0.460. The molecule has 1 N–H and O–H groups in total. The molecular formula is C25H19F2N5O2. The number of benzene rings is 1. The molecule has 1 aliphatic rings. The second-order valence-corrected chi connectivity index (χ2v) is 8.15. The van der Waals surface area contributed by atoms with E-state index in [9.17, 15) is 14.0 Å². The molecular weight excluding hydrogens is 440 g/mol. The van der Waals surface area contributed by atoms with Crippen LogP contribution >= 0.6 is 0 Å². The van der Waals surface area contributed by atoms with Gasteiger partial charge in [0.15, 0.2) is 0 Å². The molecule has 0 saturated carbocycles. The average Bonchev–Trinajstić information content (AvgIpc) is 2.88. The van der Waals surface area contributed by atoms with Gasteiger partial charge in [0.05, 0.1) is 22.9 Å². The van der Waals surface area contributed by atoms with Gasteiger partial charge in [0.2, 0.25) is 23.7 Å². The summed E-state index contributed by atoms with van der Waals surface area (Å²) in [6.45, 7) is 2.94. The van der Waals surface area contributed by atoms with Gasteiger partial charge in [-0.25, -0.2) is 9.97 Å². The molecule has 1 aliphatic heterocycles. The highest BCUT2D eigenvalue weighted by atomic mass is 19.1. The molecule has 1 aromatic carbocycles. The van der Waals surface area contributed by atoms with E-state index in [1.54, 1.807) is 56.4 Å². The van der Waals surface area contributed by atoms with E-state index in [1.165, 1.54) is 17.2 Å². The van der Waals surface area contributed by atoms with E-state index >= 15 is 4.39 Å². The molecule has 0 fully saturated rings. The lowest BCUT2D eigenvalue weighted by atomic mass is 9.98. The van der Waals surface area contributed by atoms with Crippen molar-refractivity contribution in [2.75, 3.05) is 16.8 Å². The Morgan fingerprint density at radius 2 is 1.94 bits per heavy atom. The van der Waals surface area contributed by atoms with Gasteiger partial charge in [-0.3, -0.25) is 14.6 Å². The Labute approximate surface area is 193 Å². The van der Waals surface area contributed by atoms with Crippen molar-refractivity contribution in [3.05, 3.63) is 78.1 Å². The number of carbonyl (C=O) groups is 2. The highest BCUT2D eigenvalue weighted by Gasteiger charge is 2.35. The molecule has 5 rings (SSSR count). The predicted molar refractivity (Wildman–Crippen MR) is 123 cm³/mol. The van der Waals surface area contributed by atoms with Crippen LogP contribution in [0.4, 0.5) is 20.2 Å². The molecule has 0 bridgehead atoms. The van der Waals surface area contributed by atoms with E-state index in [0.717, 1.165) is 0 Å². The van der Waals surface area contributed by atoms with Crippen LogP contribution in [-0.2, 0) is 9.59 Å². The summed E-state index contributed by atoms with van der Waals surface area (Å²) in [4.78, 5) is 39.5. The van der Waals surface area contributed by atoms with Gasteiger partial charge in [-0.15, -0.1) is 0 Å². The minimum atomic E-state index is -0.735. The number of hydrogen-bond acceptors (Lipinski definition) is 5. The highest BCUT2D eigenvalue weighted by Crippen LogP contribution is 2.41. The topological polar surface area (TPSA) is 88.1 Å². The summed E-state index contributed by atoms with van der Waals surface area (Å²) in [6, 6.07) is 11.2. The Morgan fingerprint density at radius 1 is 1.12 bits per heavy atom. The van der Waals surface area contributed by atoms with E-state index in [-0.39, 0.29) is 23.7 Å². The molecule has 1 atom stereocenters. The number of nitrogens with zero attached hydrogens (tertiary/aromatic N) is 4. The molecule has 2 amide bonds. The Hall–Kier alpha value is -4.27. The van der Waals surface area contributed by atoms with Crippen molar-refractivity contribution in [2.24, 2.45) is 0 Å². The third kappa shape index (κ3) is 3.75. The molecule has 0 spiro atoms. The maximum atomic E-state index is 15.1. The third-order valence-corrected chi connectivity index (χ3v) is 5.80. The van der Waals surface area contributed by atoms with Gasteiger partial charge in [-0.1, -0.05) is 12.1 Å². The van der Waals surface area contributed by atoms with Gasteiger partial charge in [0.25, 0.3) is 0 Å². The van der Waals surface area contributed by atoms with Crippen LogP contribution in [0.3, 0.4) is 0 Å². The van der Waals surface area contributed by atoms with Crippen molar-refractivity contribution in [1.82, 2.24) is 15.0 Å². The highest BCUT2D eigenvalue weighted by molar-refractivity contribution is 6.09. The van der Waals surface area contributed by atoms with Crippen LogP contribution in [0.25, 0.3) is 21.9 Å². The number of amides is 2. The number of nitrogens with one attached hydrogen (secondary N) is 1. The molecule has 170 valence electrons. The normalized spacial score (nSPS) is 15.0. The summed E-state index contributed by atoms with van der Waals surface area (Å²) in [7, 11) is 0. The molecule has 4 aromatic rings. The Bertz CT molecular complexity index is 1470. The molecule has 0 radical (unpaired) electrons. The SMILES string of the molecule is Cc1cc2c(c(F)n1)-c1cccnc1C(C)C(=O)N2CC(=O)Nc1ccc2cnc(F)cc2c1. The van der Waals surface area contributed by atoms with Crippen molar-refractivity contribution < 1.29 is 18.4 Å². The maximum absolute atomic E-state index is 15.1. The van der Waals surface area contributed by atoms with Crippen molar-refractivity contribution in [3.8, 4) is 11.1 Å². The zero-order chi connectivity index (χ0) is 24.0. The number of fused-ring (bicyclic) bond motifs is 4. The van der Waals surface area contributed by atoms with Gasteiger partial charge >= 0.3 is 0 Å². The standard InChI is InChI=1S/C25H19F2N5O2/c1-13-8-19-22(24(27)30-13)18-4-3-7-28-23(18)14(2)25(34)32(19)12-21(33)31-17-6-5-15-11-29-20(26)10-16(15)9-17/h3-11,14H,12H2,1-2H3,(H,31,33). The van der Waals surface area contributed by atoms with E-state index in [0.29, 0.717) is 33.4 Å². The van der Waals surface area contributed by atoms with Crippen LogP contribution in [0, 0.1) is 18.8 Å². The number of aromatic nitrogens is 3. The summed E-state index contributed by atoms with van der Waals surface area (Å²) < 4.78 is 28.6. The number of aryl methyl sites for hydroxylation is 1. The Morgan fingerprint density at radius 3 is 2.76 bits per heavy atom. The molecule has 3 aromatic heterocycles. The summed E-state index contributed by atoms with van der Waals surface area (Å²) in [5.41, 5.74) is 2.09. The third-order valence-electron chi connectivity index (χ3n) is 5.80. The zero-order valence-electron chi connectivity index (χ0n) is 18.3. The first kappa shape index (κ1) is 21.6. The van der Waals surface area contributed by atoms with Gasteiger partial charge < -0.3 is 10.2 Å². The minimum absolute atomic E-state index is 0.132. The summed E-state index contributed by atoms with van der Waals surface area (Å²) in [5.74, 6) is -2.94. The maximum Gasteiger partial charge on any atom is 0.244 e. The van der Waals surface area contributed by atoms with Crippen molar-refractivity contribution in [1.29, 1.82) is 0 Å². The number of carbonyl (C=O) groups excluding carboxylic acids is 2. The molecule has 0 saturated heterocycles. The van der Waals surface area contributed by atoms with Crippen molar-refractivity contribution in [3.63, 3.8) is 0 Å². The fraction of sp³-hybridized carbons (Fsp3) is 0.160. The van der Waals surface area contributed by atoms with Crippen LogP contribution in [-0.4, -0.2) is 33.3 Å². The Balaban J connectivity index is 1.51. The number of pyridine rings is 3. The monoisotopic (exact) mass is 459 g/mol. The molecule has 4 heterocycles. The van der Waals surface area contributed by atoms with Gasteiger partial charge in [0.1, 0.15) is 6.54 Å². The fourth-order valence-corrected chi connectivity index (χ4v) is 4.22. The zero-order valence-corrected chi connectivity index (χ0v) is 18.3. The number of anilines is 2.